The van der Waals surface area contributed by atoms with Gasteiger partial charge in [0.15, 0.2) is 15.6 Å². The molecule has 1 aliphatic heterocycles. The fourth-order valence-electron chi connectivity index (χ4n) is 2.25. The van der Waals surface area contributed by atoms with Crippen molar-refractivity contribution in [3.05, 3.63) is 4.88 Å². The molecule has 7 heteroatoms. The largest absolute Gasteiger partial charge is 0.396 e. The Labute approximate surface area is 117 Å². The van der Waals surface area contributed by atoms with Gasteiger partial charge in [0.2, 0.25) is 0 Å². The van der Waals surface area contributed by atoms with Gasteiger partial charge in [0.05, 0.1) is 16.3 Å². The number of carbonyl (C=O) groups is 1. The molecule has 1 aromatic rings. The summed E-state index contributed by atoms with van der Waals surface area (Å²) >= 11 is 1.21. The second-order valence-electron chi connectivity index (χ2n) is 4.63. The normalized spacial score (nSPS) is 16.0. The summed E-state index contributed by atoms with van der Waals surface area (Å²) in [6, 6.07) is 0. The summed E-state index contributed by atoms with van der Waals surface area (Å²) in [5.74, 6) is -0.188. The molecule has 1 aliphatic rings. The zero-order chi connectivity index (χ0) is 14.2. The van der Waals surface area contributed by atoms with Crippen LogP contribution in [0, 0.1) is 0 Å². The first kappa shape index (κ1) is 14.3. The lowest BCUT2D eigenvalue weighted by atomic mass is 10.3. The standard InChI is InChI=1S/C12H18N2O3S2/c1-3-19(16,17)11-9(13)10(8(2)15)18-12(11)14-6-4-5-7-14/h3-7,13H2,1-2H3. The number of ketones is 1. The number of rotatable bonds is 4. The van der Waals surface area contributed by atoms with Gasteiger partial charge in [0.25, 0.3) is 0 Å². The van der Waals surface area contributed by atoms with E-state index in [-0.39, 0.29) is 22.1 Å². The highest BCUT2D eigenvalue weighted by molar-refractivity contribution is 7.92. The summed E-state index contributed by atoms with van der Waals surface area (Å²) < 4.78 is 24.4. The highest BCUT2D eigenvalue weighted by atomic mass is 32.2. The van der Waals surface area contributed by atoms with Gasteiger partial charge in [-0.3, -0.25) is 4.79 Å². The molecule has 0 aliphatic carbocycles. The van der Waals surface area contributed by atoms with Crippen molar-refractivity contribution in [1.29, 1.82) is 0 Å². The smallest absolute Gasteiger partial charge is 0.183 e. The Morgan fingerprint density at radius 3 is 2.42 bits per heavy atom. The van der Waals surface area contributed by atoms with E-state index in [1.807, 2.05) is 4.90 Å². The maximum Gasteiger partial charge on any atom is 0.183 e. The topological polar surface area (TPSA) is 80.5 Å². The number of hydrogen-bond acceptors (Lipinski definition) is 6. The van der Waals surface area contributed by atoms with Crippen LogP contribution < -0.4 is 10.6 Å². The maximum atomic E-state index is 12.2. The summed E-state index contributed by atoms with van der Waals surface area (Å²) in [5.41, 5.74) is 6.04. The molecule has 5 nitrogen and oxygen atoms in total. The summed E-state index contributed by atoms with van der Waals surface area (Å²) in [6.07, 6.45) is 2.08. The van der Waals surface area contributed by atoms with E-state index in [2.05, 4.69) is 0 Å². The molecule has 0 saturated carbocycles. The summed E-state index contributed by atoms with van der Waals surface area (Å²) in [6.45, 7) is 4.65. The summed E-state index contributed by atoms with van der Waals surface area (Å²) in [4.78, 5) is 14.1. The number of nitrogen functional groups attached to an aromatic ring is 1. The number of anilines is 2. The van der Waals surface area contributed by atoms with Crippen molar-refractivity contribution in [2.24, 2.45) is 0 Å². The van der Waals surface area contributed by atoms with E-state index in [0.717, 1.165) is 25.9 Å². The number of Topliss-reactive ketones (excluding diaryl/α,β-unsaturated/α-hetero) is 1. The molecule has 0 aromatic carbocycles. The van der Waals surface area contributed by atoms with Gasteiger partial charge in [0, 0.05) is 20.0 Å². The number of sulfone groups is 1. The van der Waals surface area contributed by atoms with Crippen LogP contribution in [0.4, 0.5) is 10.7 Å². The minimum Gasteiger partial charge on any atom is -0.396 e. The zero-order valence-corrected chi connectivity index (χ0v) is 12.7. The van der Waals surface area contributed by atoms with Gasteiger partial charge < -0.3 is 10.6 Å². The maximum absolute atomic E-state index is 12.2. The molecular weight excluding hydrogens is 284 g/mol. The van der Waals surface area contributed by atoms with Gasteiger partial charge in [-0.25, -0.2) is 8.42 Å². The minimum absolute atomic E-state index is 0.00782. The molecule has 0 atom stereocenters. The lowest BCUT2D eigenvalue weighted by Gasteiger charge is -2.17. The molecule has 2 N–H and O–H groups in total. The molecule has 0 spiro atoms. The Morgan fingerprint density at radius 1 is 1.37 bits per heavy atom. The quantitative estimate of drug-likeness (QED) is 0.860. The molecular formula is C12H18N2O3S2. The van der Waals surface area contributed by atoms with Crippen LogP contribution in [0.3, 0.4) is 0 Å². The van der Waals surface area contributed by atoms with Crippen LogP contribution >= 0.6 is 11.3 Å². The van der Waals surface area contributed by atoms with E-state index in [0.29, 0.717) is 9.88 Å². The van der Waals surface area contributed by atoms with E-state index in [9.17, 15) is 13.2 Å². The third-order valence-corrected chi connectivity index (χ3v) is 6.58. The number of nitrogens with two attached hydrogens (primary N) is 1. The predicted molar refractivity (Wildman–Crippen MR) is 77.9 cm³/mol. The first-order valence-corrected chi connectivity index (χ1v) is 8.76. The van der Waals surface area contributed by atoms with Gasteiger partial charge in [-0.05, 0) is 12.8 Å². The van der Waals surface area contributed by atoms with Crippen molar-refractivity contribution in [3.63, 3.8) is 0 Å². The fraction of sp³-hybridized carbons (Fsp3) is 0.583. The van der Waals surface area contributed by atoms with Gasteiger partial charge in [-0.2, -0.15) is 0 Å². The number of nitrogens with zero attached hydrogens (tertiary/aromatic N) is 1. The molecule has 106 valence electrons. The average Bonchev–Trinajstić information content (AvgIpc) is 2.95. The number of thiophene rings is 1. The molecule has 0 amide bonds. The van der Waals surface area contributed by atoms with E-state index < -0.39 is 9.84 Å². The lowest BCUT2D eigenvalue weighted by Crippen LogP contribution is -2.19. The Balaban J connectivity index is 2.64. The van der Waals surface area contributed by atoms with Gasteiger partial charge in [-0.15, -0.1) is 11.3 Å². The van der Waals surface area contributed by atoms with Crippen LogP contribution in [0.2, 0.25) is 0 Å². The van der Waals surface area contributed by atoms with Crippen LogP contribution in [0.1, 0.15) is 36.4 Å². The zero-order valence-electron chi connectivity index (χ0n) is 11.1. The fourth-order valence-corrected chi connectivity index (χ4v) is 5.01. The molecule has 0 bridgehead atoms. The minimum atomic E-state index is -3.42. The van der Waals surface area contributed by atoms with Gasteiger partial charge in [0.1, 0.15) is 9.90 Å². The first-order chi connectivity index (χ1) is 8.88. The Bertz CT molecular complexity index is 599. The first-order valence-electron chi connectivity index (χ1n) is 6.29. The van der Waals surface area contributed by atoms with Crippen molar-refractivity contribution in [2.75, 3.05) is 29.5 Å². The van der Waals surface area contributed by atoms with Crippen LogP contribution in [-0.2, 0) is 9.84 Å². The van der Waals surface area contributed by atoms with Gasteiger partial charge >= 0.3 is 0 Å². The predicted octanol–water partition coefficient (Wildman–Crippen LogP) is 1.93. The van der Waals surface area contributed by atoms with E-state index >= 15 is 0 Å². The molecule has 19 heavy (non-hydrogen) atoms. The highest BCUT2D eigenvalue weighted by Crippen LogP contribution is 2.43. The molecule has 2 heterocycles. The van der Waals surface area contributed by atoms with Crippen LogP contribution in [-0.4, -0.2) is 33.0 Å². The van der Waals surface area contributed by atoms with E-state index in [4.69, 9.17) is 5.73 Å². The average molecular weight is 302 g/mol. The van der Waals surface area contributed by atoms with Crippen LogP contribution in [0.25, 0.3) is 0 Å². The van der Waals surface area contributed by atoms with E-state index in [1.54, 1.807) is 6.92 Å². The Morgan fingerprint density at radius 2 is 1.95 bits per heavy atom. The lowest BCUT2D eigenvalue weighted by molar-refractivity contribution is 0.102. The molecule has 0 radical (unpaired) electrons. The summed E-state index contributed by atoms with van der Waals surface area (Å²) in [5, 5.41) is 0.641. The second-order valence-corrected chi connectivity index (χ2v) is 7.85. The third kappa shape index (κ3) is 2.49. The second kappa shape index (κ2) is 5.13. The molecule has 1 saturated heterocycles. The van der Waals surface area contributed by atoms with Crippen molar-refractivity contribution < 1.29 is 13.2 Å². The molecule has 0 unspecified atom stereocenters. The molecule has 1 aromatic heterocycles. The molecule has 1 fully saturated rings. The Kier molecular flexibility index (Phi) is 3.87. The number of carbonyl (C=O) groups excluding carboxylic acids is 1. The monoisotopic (exact) mass is 302 g/mol. The summed E-state index contributed by atoms with van der Waals surface area (Å²) in [7, 11) is -3.42. The van der Waals surface area contributed by atoms with E-state index in [1.165, 1.54) is 18.3 Å². The van der Waals surface area contributed by atoms with Gasteiger partial charge in [-0.1, -0.05) is 6.92 Å². The van der Waals surface area contributed by atoms with Crippen molar-refractivity contribution >= 4 is 37.6 Å². The van der Waals surface area contributed by atoms with Crippen molar-refractivity contribution in [1.82, 2.24) is 0 Å². The molecule has 2 rings (SSSR count). The van der Waals surface area contributed by atoms with Crippen LogP contribution in [0.15, 0.2) is 4.90 Å². The number of hydrogen-bond donors (Lipinski definition) is 1. The van der Waals surface area contributed by atoms with Crippen molar-refractivity contribution in [3.8, 4) is 0 Å². The SMILES string of the molecule is CCS(=O)(=O)c1c(N2CCCC2)sc(C(C)=O)c1N. The Hall–Kier alpha value is -1.08. The third-order valence-electron chi connectivity index (χ3n) is 3.29. The van der Waals surface area contributed by atoms with Crippen molar-refractivity contribution in [2.45, 2.75) is 31.6 Å². The highest BCUT2D eigenvalue weighted by Gasteiger charge is 2.31. The van der Waals surface area contributed by atoms with Crippen LogP contribution in [0.5, 0.6) is 0 Å².